The molecule has 1 saturated heterocycles. The number of carbonyl (C=O) groups excluding carboxylic acids is 1. The van der Waals surface area contributed by atoms with Gasteiger partial charge in [-0.05, 0) is 31.0 Å². The van der Waals surface area contributed by atoms with Gasteiger partial charge in [-0.15, -0.1) is 0 Å². The Balaban J connectivity index is 1.58. The predicted octanol–water partition coefficient (Wildman–Crippen LogP) is 0.718. The van der Waals surface area contributed by atoms with Gasteiger partial charge in [-0.3, -0.25) is 4.79 Å². The summed E-state index contributed by atoms with van der Waals surface area (Å²) >= 11 is 0. The third-order valence-corrected chi connectivity index (χ3v) is 5.74. The molecule has 2 aromatic rings. The number of rotatable bonds is 4. The van der Waals surface area contributed by atoms with Gasteiger partial charge in [0.15, 0.2) is 0 Å². The van der Waals surface area contributed by atoms with Crippen molar-refractivity contribution in [1.29, 1.82) is 0 Å². The summed E-state index contributed by atoms with van der Waals surface area (Å²) in [5.41, 5.74) is 2.13. The van der Waals surface area contributed by atoms with Crippen LogP contribution in [-0.2, 0) is 10.0 Å². The predicted molar refractivity (Wildman–Crippen MR) is 83.0 cm³/mol. The van der Waals surface area contributed by atoms with E-state index in [1.54, 1.807) is 24.5 Å². The second-order valence-electron chi connectivity index (χ2n) is 5.31. The van der Waals surface area contributed by atoms with E-state index in [-0.39, 0.29) is 11.7 Å². The number of imidazole rings is 1. The molecule has 1 amide bonds. The molecule has 0 unspecified atom stereocenters. The van der Waals surface area contributed by atoms with Crippen LogP contribution >= 0.6 is 0 Å². The van der Waals surface area contributed by atoms with Crippen LogP contribution in [0.3, 0.4) is 0 Å². The van der Waals surface area contributed by atoms with E-state index >= 15 is 0 Å². The molecule has 2 N–H and O–H groups in total. The third kappa shape index (κ3) is 3.12. The lowest BCUT2D eigenvalue weighted by Crippen LogP contribution is -2.42. The van der Waals surface area contributed by atoms with E-state index in [2.05, 4.69) is 15.3 Å². The van der Waals surface area contributed by atoms with E-state index in [9.17, 15) is 13.2 Å². The molecule has 1 aromatic carbocycles. The summed E-state index contributed by atoms with van der Waals surface area (Å²) in [7, 11) is -3.14. The summed E-state index contributed by atoms with van der Waals surface area (Å²) in [6.45, 7) is 1.16. The number of hydrogen-bond donors (Lipinski definition) is 2. The number of nitrogens with one attached hydrogen (secondary N) is 2. The number of amides is 1. The standard InChI is InChI=1S/C14H18N4O3S/c19-14(11-3-4-12-13(9-11)17-10-16-12)15-5-7-18-6-1-2-8-22(18,20)21/h3-4,9-10H,1-2,5-8H2,(H,15,19)(H,16,17). The van der Waals surface area contributed by atoms with Gasteiger partial charge < -0.3 is 10.3 Å². The quantitative estimate of drug-likeness (QED) is 0.867. The van der Waals surface area contributed by atoms with Gasteiger partial charge in [0.25, 0.3) is 5.91 Å². The van der Waals surface area contributed by atoms with Crippen LogP contribution in [0, 0.1) is 0 Å². The topological polar surface area (TPSA) is 95.2 Å². The molecule has 7 nitrogen and oxygen atoms in total. The second kappa shape index (κ2) is 6.05. The number of sulfonamides is 1. The zero-order valence-corrected chi connectivity index (χ0v) is 12.9. The smallest absolute Gasteiger partial charge is 0.251 e. The van der Waals surface area contributed by atoms with Crippen molar-refractivity contribution in [3.63, 3.8) is 0 Å². The van der Waals surface area contributed by atoms with Crippen LogP contribution in [0.15, 0.2) is 24.5 Å². The molecule has 0 bridgehead atoms. The SMILES string of the molecule is O=C(NCCN1CCCCS1(=O)=O)c1ccc2nc[nH]c2c1. The monoisotopic (exact) mass is 322 g/mol. The Labute approximate surface area is 128 Å². The number of hydrogen-bond acceptors (Lipinski definition) is 4. The fraction of sp³-hybridized carbons (Fsp3) is 0.429. The van der Waals surface area contributed by atoms with Crippen molar-refractivity contribution in [2.45, 2.75) is 12.8 Å². The maximum absolute atomic E-state index is 12.1. The molecule has 0 saturated carbocycles. The molecule has 2 heterocycles. The molecule has 0 spiro atoms. The van der Waals surface area contributed by atoms with Crippen LogP contribution in [0.1, 0.15) is 23.2 Å². The summed E-state index contributed by atoms with van der Waals surface area (Å²) in [6, 6.07) is 5.21. The fourth-order valence-electron chi connectivity index (χ4n) is 2.56. The number of carbonyl (C=O) groups is 1. The van der Waals surface area contributed by atoms with E-state index in [1.165, 1.54) is 4.31 Å². The van der Waals surface area contributed by atoms with E-state index < -0.39 is 10.0 Å². The molecule has 0 aliphatic carbocycles. The Morgan fingerprint density at radius 1 is 1.36 bits per heavy atom. The van der Waals surface area contributed by atoms with Gasteiger partial charge in [0.05, 0.1) is 23.1 Å². The first-order valence-electron chi connectivity index (χ1n) is 7.25. The van der Waals surface area contributed by atoms with Crippen LogP contribution < -0.4 is 5.32 Å². The molecule has 0 atom stereocenters. The number of H-pyrrole nitrogens is 1. The fourth-order valence-corrected chi connectivity index (χ4v) is 4.17. The van der Waals surface area contributed by atoms with Gasteiger partial charge in [0, 0.05) is 25.2 Å². The average Bonchev–Trinajstić information content (AvgIpc) is 2.96. The minimum Gasteiger partial charge on any atom is -0.351 e. The van der Waals surface area contributed by atoms with Gasteiger partial charge in [-0.1, -0.05) is 0 Å². The lowest BCUT2D eigenvalue weighted by atomic mass is 10.2. The first-order valence-corrected chi connectivity index (χ1v) is 8.86. The molecule has 22 heavy (non-hydrogen) atoms. The molecule has 1 aromatic heterocycles. The van der Waals surface area contributed by atoms with E-state index in [0.717, 1.165) is 23.9 Å². The maximum atomic E-state index is 12.1. The number of aromatic amines is 1. The van der Waals surface area contributed by atoms with Gasteiger partial charge in [0.1, 0.15) is 0 Å². The van der Waals surface area contributed by atoms with Crippen LogP contribution in [0.5, 0.6) is 0 Å². The molecule has 1 aliphatic rings. The van der Waals surface area contributed by atoms with Crippen molar-refractivity contribution < 1.29 is 13.2 Å². The first kappa shape index (κ1) is 15.0. The lowest BCUT2D eigenvalue weighted by molar-refractivity contribution is 0.0951. The number of fused-ring (bicyclic) bond motifs is 1. The summed E-state index contributed by atoms with van der Waals surface area (Å²) in [5, 5.41) is 2.76. The second-order valence-corrected chi connectivity index (χ2v) is 7.40. The van der Waals surface area contributed by atoms with Crippen molar-refractivity contribution in [2.24, 2.45) is 0 Å². The zero-order chi connectivity index (χ0) is 15.6. The molecule has 3 rings (SSSR count). The molecular formula is C14H18N4O3S. The Morgan fingerprint density at radius 3 is 3.05 bits per heavy atom. The van der Waals surface area contributed by atoms with Crippen LogP contribution in [0.4, 0.5) is 0 Å². The van der Waals surface area contributed by atoms with Crippen molar-refractivity contribution in [3.05, 3.63) is 30.1 Å². The lowest BCUT2D eigenvalue weighted by Gasteiger charge is -2.26. The van der Waals surface area contributed by atoms with Crippen LogP contribution in [-0.4, -0.2) is 54.0 Å². The Morgan fingerprint density at radius 2 is 2.23 bits per heavy atom. The van der Waals surface area contributed by atoms with E-state index in [1.807, 2.05) is 0 Å². The highest BCUT2D eigenvalue weighted by atomic mass is 32.2. The molecule has 8 heteroatoms. The van der Waals surface area contributed by atoms with E-state index in [4.69, 9.17) is 0 Å². The van der Waals surface area contributed by atoms with Gasteiger partial charge in [-0.2, -0.15) is 0 Å². The molecule has 0 radical (unpaired) electrons. The third-order valence-electron chi connectivity index (χ3n) is 3.78. The summed E-state index contributed by atoms with van der Waals surface area (Å²) in [5.74, 6) is -0.0110. The highest BCUT2D eigenvalue weighted by molar-refractivity contribution is 7.89. The normalized spacial score (nSPS) is 18.4. The van der Waals surface area contributed by atoms with Gasteiger partial charge in [-0.25, -0.2) is 17.7 Å². The summed E-state index contributed by atoms with van der Waals surface area (Å²) < 4.78 is 25.1. The number of benzene rings is 1. The summed E-state index contributed by atoms with van der Waals surface area (Å²) in [6.07, 6.45) is 3.17. The Hall–Kier alpha value is -1.93. The molecular weight excluding hydrogens is 304 g/mol. The van der Waals surface area contributed by atoms with Crippen LogP contribution in [0.25, 0.3) is 11.0 Å². The Kier molecular flexibility index (Phi) is 4.12. The largest absolute Gasteiger partial charge is 0.351 e. The van der Waals surface area contributed by atoms with Crippen molar-refractivity contribution in [2.75, 3.05) is 25.4 Å². The molecule has 1 fully saturated rings. The first-order chi connectivity index (χ1) is 10.6. The average molecular weight is 322 g/mol. The number of aromatic nitrogens is 2. The van der Waals surface area contributed by atoms with Crippen LogP contribution in [0.2, 0.25) is 0 Å². The highest BCUT2D eigenvalue weighted by Gasteiger charge is 2.25. The van der Waals surface area contributed by atoms with Crippen molar-refractivity contribution in [3.8, 4) is 0 Å². The molecule has 118 valence electrons. The van der Waals surface area contributed by atoms with Gasteiger partial charge >= 0.3 is 0 Å². The van der Waals surface area contributed by atoms with Gasteiger partial charge in [0.2, 0.25) is 10.0 Å². The number of nitrogens with zero attached hydrogens (tertiary/aromatic N) is 2. The zero-order valence-electron chi connectivity index (χ0n) is 12.1. The van der Waals surface area contributed by atoms with E-state index in [0.29, 0.717) is 25.2 Å². The minimum absolute atomic E-state index is 0.206. The summed E-state index contributed by atoms with van der Waals surface area (Å²) in [4.78, 5) is 19.2. The highest BCUT2D eigenvalue weighted by Crippen LogP contribution is 2.13. The Bertz CT molecular complexity index is 784. The van der Waals surface area contributed by atoms with Crippen molar-refractivity contribution in [1.82, 2.24) is 19.6 Å². The molecule has 1 aliphatic heterocycles. The maximum Gasteiger partial charge on any atom is 0.251 e. The van der Waals surface area contributed by atoms with Crippen molar-refractivity contribution >= 4 is 27.0 Å². The minimum atomic E-state index is -3.14.